The monoisotopic (exact) mass is 411 g/mol. The topological polar surface area (TPSA) is 133 Å². The van der Waals surface area contributed by atoms with Crippen molar-refractivity contribution in [1.29, 1.82) is 5.41 Å². The Balaban J connectivity index is 1.65. The van der Waals surface area contributed by atoms with E-state index in [0.717, 1.165) is 19.3 Å². The van der Waals surface area contributed by atoms with Crippen LogP contribution in [0.1, 0.15) is 40.9 Å². The lowest BCUT2D eigenvalue weighted by molar-refractivity contribution is 0.0939. The molecule has 29 heavy (non-hydrogen) atoms. The van der Waals surface area contributed by atoms with Gasteiger partial charge in [0, 0.05) is 41.6 Å². The van der Waals surface area contributed by atoms with Crippen LogP contribution in [-0.2, 0) is 0 Å². The number of halogens is 1. The van der Waals surface area contributed by atoms with E-state index in [1.807, 2.05) is 0 Å². The summed E-state index contributed by atoms with van der Waals surface area (Å²) in [4.78, 5) is 24.6. The highest BCUT2D eigenvalue weighted by Crippen LogP contribution is 2.24. The van der Waals surface area contributed by atoms with E-state index in [-0.39, 0.29) is 23.7 Å². The number of anilines is 1. The number of amides is 1. The number of rotatable bonds is 5. The van der Waals surface area contributed by atoms with Gasteiger partial charge in [-0.05, 0) is 37.5 Å². The van der Waals surface area contributed by atoms with Crippen LogP contribution < -0.4 is 16.4 Å². The maximum atomic E-state index is 12.8. The van der Waals surface area contributed by atoms with Gasteiger partial charge in [0.05, 0.1) is 17.5 Å². The van der Waals surface area contributed by atoms with Crippen molar-refractivity contribution >= 4 is 40.1 Å². The lowest BCUT2D eigenvalue weighted by atomic mass is 10.1. The minimum absolute atomic E-state index is 0.0733. The summed E-state index contributed by atoms with van der Waals surface area (Å²) in [7, 11) is 1.76. The smallest absolute Gasteiger partial charge is 0.255 e. The van der Waals surface area contributed by atoms with Crippen molar-refractivity contribution in [3.8, 4) is 0 Å². The zero-order valence-corrected chi connectivity index (χ0v) is 16.7. The zero-order valence-electron chi connectivity index (χ0n) is 15.9. The van der Waals surface area contributed by atoms with Crippen LogP contribution in [0, 0.1) is 5.41 Å². The average Bonchev–Trinajstić information content (AvgIpc) is 3.32. The van der Waals surface area contributed by atoms with Crippen molar-refractivity contribution < 1.29 is 4.79 Å². The number of carbonyl (C=O) groups is 1. The SMILES string of the molecule is CNc1cc(Cl)ccc1C(=N)c1cnc2[nH]cc(C(=O)NC3CCC(N)C3)c2n1. The molecule has 2 unspecified atom stereocenters. The molecule has 9 heteroatoms. The van der Waals surface area contributed by atoms with Crippen molar-refractivity contribution in [2.24, 2.45) is 5.73 Å². The number of H-pyrrole nitrogens is 1. The number of aromatic nitrogens is 3. The summed E-state index contributed by atoms with van der Waals surface area (Å²) in [5, 5.41) is 15.2. The highest BCUT2D eigenvalue weighted by atomic mass is 35.5. The van der Waals surface area contributed by atoms with Gasteiger partial charge in [-0.3, -0.25) is 10.2 Å². The van der Waals surface area contributed by atoms with Crippen molar-refractivity contribution in [2.75, 3.05) is 12.4 Å². The first-order valence-corrected chi connectivity index (χ1v) is 9.81. The highest BCUT2D eigenvalue weighted by molar-refractivity contribution is 6.31. The molecule has 0 aliphatic heterocycles. The number of hydrogen-bond acceptors (Lipinski definition) is 6. The van der Waals surface area contributed by atoms with Crippen LogP contribution in [0.5, 0.6) is 0 Å². The fourth-order valence-corrected chi connectivity index (χ4v) is 3.85. The van der Waals surface area contributed by atoms with Gasteiger partial charge in [0.2, 0.25) is 0 Å². The van der Waals surface area contributed by atoms with E-state index in [1.54, 1.807) is 31.4 Å². The van der Waals surface area contributed by atoms with E-state index in [1.165, 1.54) is 6.20 Å². The Bertz CT molecular complexity index is 1090. The molecule has 4 rings (SSSR count). The summed E-state index contributed by atoms with van der Waals surface area (Å²) in [6.07, 6.45) is 5.69. The number of fused-ring (bicyclic) bond motifs is 1. The summed E-state index contributed by atoms with van der Waals surface area (Å²) < 4.78 is 0. The first kappa shape index (κ1) is 19.4. The molecule has 3 aromatic rings. The van der Waals surface area contributed by atoms with Crippen molar-refractivity contribution in [1.82, 2.24) is 20.3 Å². The van der Waals surface area contributed by atoms with Crippen LogP contribution in [0.4, 0.5) is 5.69 Å². The highest BCUT2D eigenvalue weighted by Gasteiger charge is 2.25. The molecular weight excluding hydrogens is 390 g/mol. The van der Waals surface area contributed by atoms with Gasteiger partial charge in [0.15, 0.2) is 5.65 Å². The molecule has 0 radical (unpaired) electrons. The van der Waals surface area contributed by atoms with Crippen LogP contribution in [0.15, 0.2) is 30.6 Å². The number of aromatic amines is 1. The van der Waals surface area contributed by atoms with Gasteiger partial charge in [0.1, 0.15) is 11.2 Å². The predicted octanol–water partition coefficient (Wildman–Crippen LogP) is 2.68. The molecule has 0 saturated heterocycles. The largest absolute Gasteiger partial charge is 0.388 e. The van der Waals surface area contributed by atoms with E-state index in [0.29, 0.717) is 38.7 Å². The Labute approximate surface area is 172 Å². The Kier molecular flexibility index (Phi) is 5.21. The van der Waals surface area contributed by atoms with Crippen LogP contribution in [0.3, 0.4) is 0 Å². The fraction of sp³-hybridized carbons (Fsp3) is 0.300. The molecule has 6 N–H and O–H groups in total. The molecule has 1 fully saturated rings. The third-order valence-electron chi connectivity index (χ3n) is 5.21. The molecule has 0 bridgehead atoms. The number of nitrogens with zero attached hydrogens (tertiary/aromatic N) is 2. The first-order valence-electron chi connectivity index (χ1n) is 9.43. The molecule has 2 aromatic heterocycles. The molecule has 8 nitrogen and oxygen atoms in total. The van der Waals surface area contributed by atoms with E-state index in [2.05, 4.69) is 25.6 Å². The number of nitrogens with two attached hydrogens (primary N) is 1. The Morgan fingerprint density at radius 3 is 2.90 bits per heavy atom. The zero-order chi connectivity index (χ0) is 20.5. The third-order valence-corrected chi connectivity index (χ3v) is 5.45. The van der Waals surface area contributed by atoms with Crippen LogP contribution in [-0.4, -0.2) is 45.7 Å². The van der Waals surface area contributed by atoms with E-state index in [9.17, 15) is 4.79 Å². The molecule has 1 aliphatic rings. The van der Waals surface area contributed by atoms with Gasteiger partial charge in [-0.25, -0.2) is 9.97 Å². The van der Waals surface area contributed by atoms with E-state index < -0.39 is 0 Å². The molecule has 0 spiro atoms. The van der Waals surface area contributed by atoms with Crippen LogP contribution in [0.25, 0.3) is 11.2 Å². The average molecular weight is 412 g/mol. The summed E-state index contributed by atoms with van der Waals surface area (Å²) in [6, 6.07) is 5.44. The molecular formula is C20H22ClN7O. The molecule has 1 saturated carbocycles. The first-order chi connectivity index (χ1) is 14.0. The van der Waals surface area contributed by atoms with Gasteiger partial charge >= 0.3 is 0 Å². The van der Waals surface area contributed by atoms with Crippen LogP contribution >= 0.6 is 11.6 Å². The number of carbonyl (C=O) groups excluding carboxylic acids is 1. The second-order valence-corrected chi connectivity index (χ2v) is 7.65. The lowest BCUT2D eigenvalue weighted by Gasteiger charge is -2.12. The summed E-state index contributed by atoms with van der Waals surface area (Å²) in [5.41, 5.74) is 9.20. The molecule has 1 aromatic carbocycles. The van der Waals surface area contributed by atoms with Gasteiger partial charge < -0.3 is 21.4 Å². The Hall–Kier alpha value is -2.97. The number of benzene rings is 1. The minimum Gasteiger partial charge on any atom is -0.388 e. The summed E-state index contributed by atoms with van der Waals surface area (Å²) in [5.74, 6) is -0.212. The maximum Gasteiger partial charge on any atom is 0.255 e. The maximum absolute atomic E-state index is 12.8. The molecule has 1 aliphatic carbocycles. The molecule has 2 atom stereocenters. The van der Waals surface area contributed by atoms with Gasteiger partial charge in [-0.15, -0.1) is 0 Å². The number of nitrogens with one attached hydrogen (secondary N) is 4. The van der Waals surface area contributed by atoms with E-state index in [4.69, 9.17) is 22.7 Å². The number of hydrogen-bond donors (Lipinski definition) is 5. The van der Waals surface area contributed by atoms with Crippen LogP contribution in [0.2, 0.25) is 5.02 Å². The lowest BCUT2D eigenvalue weighted by Crippen LogP contribution is -2.34. The van der Waals surface area contributed by atoms with Crippen molar-refractivity contribution in [3.05, 3.63) is 52.4 Å². The predicted molar refractivity (Wildman–Crippen MR) is 114 cm³/mol. The minimum atomic E-state index is -0.212. The van der Waals surface area contributed by atoms with Gasteiger partial charge in [-0.1, -0.05) is 11.6 Å². The second kappa shape index (κ2) is 7.81. The van der Waals surface area contributed by atoms with Crippen molar-refractivity contribution in [2.45, 2.75) is 31.3 Å². The molecule has 150 valence electrons. The normalized spacial score (nSPS) is 18.7. The van der Waals surface area contributed by atoms with E-state index >= 15 is 0 Å². The molecule has 2 heterocycles. The standard InChI is InChI=1S/C20H22ClN7O/c1-24-15-6-10(21)2-5-13(15)17(23)16-9-26-19-18(28-16)14(8-25-19)20(29)27-12-4-3-11(22)7-12/h2,5-6,8-9,11-12,23-24H,3-4,7,22H2,1H3,(H,25,26)(H,27,29). The Morgan fingerprint density at radius 1 is 1.34 bits per heavy atom. The summed E-state index contributed by atoms with van der Waals surface area (Å²) >= 11 is 6.05. The van der Waals surface area contributed by atoms with Crippen molar-refractivity contribution in [3.63, 3.8) is 0 Å². The molecule has 1 amide bonds. The fourth-order valence-electron chi connectivity index (χ4n) is 3.67. The Morgan fingerprint density at radius 2 is 2.17 bits per heavy atom. The summed E-state index contributed by atoms with van der Waals surface area (Å²) in [6.45, 7) is 0. The third kappa shape index (κ3) is 3.81. The second-order valence-electron chi connectivity index (χ2n) is 7.21. The quantitative estimate of drug-likeness (QED) is 0.412. The van der Waals surface area contributed by atoms with Gasteiger partial charge in [0.25, 0.3) is 5.91 Å². The van der Waals surface area contributed by atoms with Gasteiger partial charge in [-0.2, -0.15) is 0 Å².